The van der Waals surface area contributed by atoms with E-state index in [1.165, 1.54) is 7.11 Å². The van der Waals surface area contributed by atoms with Gasteiger partial charge in [-0.1, -0.05) is 0 Å². The lowest BCUT2D eigenvalue weighted by atomic mass is 10.1. The van der Waals surface area contributed by atoms with Gasteiger partial charge in [0.1, 0.15) is 11.6 Å². The third-order valence-electron chi connectivity index (χ3n) is 2.26. The fraction of sp³-hybridized carbons (Fsp3) is 0.538. The SMILES string of the molecule is COC(=O)C(Cc1ccc[nH]1)NC(=O)OC(C)(C)C. The van der Waals surface area contributed by atoms with Crippen molar-refractivity contribution in [3.8, 4) is 0 Å². The van der Waals surface area contributed by atoms with Gasteiger partial charge in [0, 0.05) is 18.3 Å². The topological polar surface area (TPSA) is 80.4 Å². The molecule has 0 aliphatic heterocycles. The van der Waals surface area contributed by atoms with Crippen LogP contribution in [-0.4, -0.2) is 35.8 Å². The lowest BCUT2D eigenvalue weighted by molar-refractivity contribution is -0.143. The lowest BCUT2D eigenvalue weighted by Crippen LogP contribution is -2.45. The quantitative estimate of drug-likeness (QED) is 0.813. The second kappa shape index (κ2) is 6.26. The van der Waals surface area contributed by atoms with Crippen LogP contribution in [0.3, 0.4) is 0 Å². The van der Waals surface area contributed by atoms with E-state index >= 15 is 0 Å². The molecule has 1 unspecified atom stereocenters. The maximum absolute atomic E-state index is 11.7. The number of carbonyl (C=O) groups is 2. The highest BCUT2D eigenvalue weighted by atomic mass is 16.6. The van der Waals surface area contributed by atoms with Gasteiger partial charge in [0.05, 0.1) is 7.11 Å². The Morgan fingerprint density at radius 3 is 2.58 bits per heavy atom. The zero-order valence-corrected chi connectivity index (χ0v) is 11.6. The minimum atomic E-state index is -0.779. The fourth-order valence-electron chi connectivity index (χ4n) is 1.50. The summed E-state index contributed by atoms with van der Waals surface area (Å²) in [6.45, 7) is 5.26. The van der Waals surface area contributed by atoms with Crippen LogP contribution in [-0.2, 0) is 20.7 Å². The number of methoxy groups -OCH3 is 1. The molecule has 1 aromatic rings. The Labute approximate surface area is 112 Å². The molecule has 0 radical (unpaired) electrons. The van der Waals surface area contributed by atoms with Gasteiger partial charge in [-0.2, -0.15) is 0 Å². The molecule has 0 saturated carbocycles. The van der Waals surface area contributed by atoms with E-state index in [0.29, 0.717) is 6.42 Å². The standard InChI is InChI=1S/C13H20N2O4/c1-13(2,3)19-12(17)15-10(11(16)18-4)8-9-6-5-7-14-9/h5-7,10,14H,8H2,1-4H3,(H,15,17). The molecule has 106 valence electrons. The number of ether oxygens (including phenoxy) is 2. The number of hydrogen-bond acceptors (Lipinski definition) is 4. The van der Waals surface area contributed by atoms with Crippen LogP contribution < -0.4 is 5.32 Å². The Morgan fingerprint density at radius 2 is 2.11 bits per heavy atom. The molecule has 0 aliphatic rings. The highest BCUT2D eigenvalue weighted by Crippen LogP contribution is 2.08. The highest BCUT2D eigenvalue weighted by molar-refractivity contribution is 5.81. The number of aromatic nitrogens is 1. The Balaban J connectivity index is 2.65. The van der Waals surface area contributed by atoms with Crippen LogP contribution in [0.15, 0.2) is 18.3 Å². The van der Waals surface area contributed by atoms with Crippen LogP contribution in [0, 0.1) is 0 Å². The van der Waals surface area contributed by atoms with Gasteiger partial charge in [-0.3, -0.25) is 0 Å². The van der Waals surface area contributed by atoms with Crippen LogP contribution in [0.1, 0.15) is 26.5 Å². The predicted octanol–water partition coefficient (Wildman–Crippen LogP) is 1.62. The lowest BCUT2D eigenvalue weighted by Gasteiger charge is -2.22. The molecule has 0 fully saturated rings. The zero-order chi connectivity index (χ0) is 14.5. The fourth-order valence-corrected chi connectivity index (χ4v) is 1.50. The van der Waals surface area contributed by atoms with Crippen LogP contribution >= 0.6 is 0 Å². The smallest absolute Gasteiger partial charge is 0.408 e. The molecule has 0 spiro atoms. The summed E-state index contributed by atoms with van der Waals surface area (Å²) in [5.74, 6) is -0.513. The number of H-pyrrole nitrogens is 1. The average molecular weight is 268 g/mol. The van der Waals surface area contributed by atoms with E-state index < -0.39 is 23.7 Å². The van der Waals surface area contributed by atoms with Gasteiger partial charge in [0.25, 0.3) is 0 Å². The largest absolute Gasteiger partial charge is 0.467 e. The molecule has 1 atom stereocenters. The summed E-state index contributed by atoms with van der Waals surface area (Å²) < 4.78 is 9.78. The van der Waals surface area contributed by atoms with Crippen molar-refractivity contribution in [1.82, 2.24) is 10.3 Å². The van der Waals surface area contributed by atoms with Crippen molar-refractivity contribution in [1.29, 1.82) is 0 Å². The third kappa shape index (κ3) is 5.46. The molecule has 0 saturated heterocycles. The van der Waals surface area contributed by atoms with Crippen molar-refractivity contribution < 1.29 is 19.1 Å². The monoisotopic (exact) mass is 268 g/mol. The summed E-state index contributed by atoms with van der Waals surface area (Å²) in [7, 11) is 1.28. The number of amides is 1. The van der Waals surface area contributed by atoms with E-state index in [2.05, 4.69) is 15.0 Å². The first kappa shape index (κ1) is 15.1. The minimum Gasteiger partial charge on any atom is -0.467 e. The van der Waals surface area contributed by atoms with Crippen molar-refractivity contribution in [2.75, 3.05) is 7.11 Å². The summed E-state index contributed by atoms with van der Waals surface area (Å²) in [6.07, 6.45) is 1.42. The van der Waals surface area contributed by atoms with Gasteiger partial charge in [-0.25, -0.2) is 9.59 Å². The highest BCUT2D eigenvalue weighted by Gasteiger charge is 2.25. The number of esters is 1. The summed E-state index contributed by atoms with van der Waals surface area (Å²) in [4.78, 5) is 26.3. The number of aromatic amines is 1. The van der Waals surface area contributed by atoms with Crippen molar-refractivity contribution in [3.05, 3.63) is 24.0 Å². The zero-order valence-electron chi connectivity index (χ0n) is 11.6. The normalized spacial score (nSPS) is 12.6. The first-order chi connectivity index (χ1) is 8.81. The molecule has 1 heterocycles. The van der Waals surface area contributed by atoms with Gasteiger partial charge in [0.15, 0.2) is 0 Å². The minimum absolute atomic E-state index is 0.318. The molecule has 6 heteroatoms. The molecule has 1 rings (SSSR count). The van der Waals surface area contributed by atoms with Crippen molar-refractivity contribution >= 4 is 12.1 Å². The molecule has 0 aromatic carbocycles. The molecule has 2 N–H and O–H groups in total. The van der Waals surface area contributed by atoms with Gasteiger partial charge in [0.2, 0.25) is 0 Å². The summed E-state index contributed by atoms with van der Waals surface area (Å²) in [5.41, 5.74) is 0.212. The van der Waals surface area contributed by atoms with E-state index in [4.69, 9.17) is 4.74 Å². The van der Waals surface area contributed by atoms with E-state index in [1.807, 2.05) is 12.1 Å². The third-order valence-corrected chi connectivity index (χ3v) is 2.26. The molecular formula is C13H20N2O4. The second-order valence-corrected chi connectivity index (χ2v) is 5.12. The van der Waals surface area contributed by atoms with Gasteiger partial charge < -0.3 is 19.8 Å². The number of alkyl carbamates (subject to hydrolysis) is 1. The van der Waals surface area contributed by atoms with Gasteiger partial charge >= 0.3 is 12.1 Å². The molecule has 0 aliphatic carbocycles. The van der Waals surface area contributed by atoms with E-state index in [9.17, 15) is 9.59 Å². The number of carbonyl (C=O) groups excluding carboxylic acids is 2. The van der Waals surface area contributed by atoms with Crippen LogP contribution in [0.2, 0.25) is 0 Å². The molecular weight excluding hydrogens is 248 g/mol. The number of rotatable bonds is 4. The second-order valence-electron chi connectivity index (χ2n) is 5.12. The number of hydrogen-bond donors (Lipinski definition) is 2. The van der Waals surface area contributed by atoms with Gasteiger partial charge in [-0.15, -0.1) is 0 Å². The molecule has 6 nitrogen and oxygen atoms in total. The van der Waals surface area contributed by atoms with Gasteiger partial charge in [-0.05, 0) is 32.9 Å². The van der Waals surface area contributed by atoms with Crippen molar-refractivity contribution in [2.45, 2.75) is 38.8 Å². The molecule has 1 aromatic heterocycles. The Bertz CT molecular complexity index is 420. The Hall–Kier alpha value is -1.98. The first-order valence-electron chi connectivity index (χ1n) is 6.01. The van der Waals surface area contributed by atoms with Crippen LogP contribution in [0.25, 0.3) is 0 Å². The van der Waals surface area contributed by atoms with Crippen LogP contribution in [0.5, 0.6) is 0 Å². The summed E-state index contributed by atoms with van der Waals surface area (Å²) in [6, 6.07) is 2.86. The summed E-state index contributed by atoms with van der Waals surface area (Å²) >= 11 is 0. The van der Waals surface area contributed by atoms with E-state index in [0.717, 1.165) is 5.69 Å². The number of nitrogens with one attached hydrogen (secondary N) is 2. The Kier molecular flexibility index (Phi) is 4.97. The predicted molar refractivity (Wildman–Crippen MR) is 69.7 cm³/mol. The van der Waals surface area contributed by atoms with E-state index in [1.54, 1.807) is 27.0 Å². The van der Waals surface area contributed by atoms with Crippen LogP contribution in [0.4, 0.5) is 4.79 Å². The first-order valence-corrected chi connectivity index (χ1v) is 6.01. The Morgan fingerprint density at radius 1 is 1.42 bits per heavy atom. The maximum Gasteiger partial charge on any atom is 0.408 e. The average Bonchev–Trinajstić information content (AvgIpc) is 2.77. The van der Waals surface area contributed by atoms with Crippen molar-refractivity contribution in [2.24, 2.45) is 0 Å². The molecule has 19 heavy (non-hydrogen) atoms. The summed E-state index contributed by atoms with van der Waals surface area (Å²) in [5, 5.41) is 2.51. The van der Waals surface area contributed by atoms with E-state index in [-0.39, 0.29) is 0 Å². The maximum atomic E-state index is 11.7. The molecule has 1 amide bonds. The molecule has 0 bridgehead atoms. The van der Waals surface area contributed by atoms with Crippen molar-refractivity contribution in [3.63, 3.8) is 0 Å².